The molecule has 1 heterocycles. The number of hydrogen-bond acceptors (Lipinski definition) is 3. The Bertz CT molecular complexity index is 133. The highest BCUT2D eigenvalue weighted by Crippen LogP contribution is 2.09. The average Bonchev–Trinajstić information content (AvgIpc) is 2.56. The summed E-state index contributed by atoms with van der Waals surface area (Å²) < 4.78 is 0. The Balaban J connectivity index is 2.27. The molecule has 1 saturated heterocycles. The first-order valence-electron chi connectivity index (χ1n) is 5.31. The Hall–Kier alpha value is -0.120. The van der Waals surface area contributed by atoms with Crippen molar-refractivity contribution in [3.05, 3.63) is 0 Å². The van der Waals surface area contributed by atoms with Crippen LogP contribution >= 0.6 is 0 Å². The van der Waals surface area contributed by atoms with E-state index >= 15 is 0 Å². The van der Waals surface area contributed by atoms with Gasteiger partial charge in [0.15, 0.2) is 0 Å². The van der Waals surface area contributed by atoms with Crippen molar-refractivity contribution in [3.63, 3.8) is 0 Å². The predicted molar refractivity (Wildman–Crippen MR) is 54.7 cm³/mol. The Kier molecular flexibility index (Phi) is 4.70. The van der Waals surface area contributed by atoms with Crippen LogP contribution in [0.15, 0.2) is 0 Å². The summed E-state index contributed by atoms with van der Waals surface area (Å²) in [5.41, 5.74) is 0. The molecule has 0 saturated carbocycles. The van der Waals surface area contributed by atoms with Crippen LogP contribution < -0.4 is 10.6 Å². The predicted octanol–water partition coefficient (Wildman–Crippen LogP) is 0.345. The third kappa shape index (κ3) is 3.63. The molecule has 0 aromatic heterocycles. The van der Waals surface area contributed by atoms with Crippen molar-refractivity contribution < 1.29 is 5.11 Å². The molecule has 2 unspecified atom stereocenters. The number of rotatable bonds is 5. The number of hydrogen-bond donors (Lipinski definition) is 3. The van der Waals surface area contributed by atoms with Gasteiger partial charge in [0.25, 0.3) is 0 Å². The van der Waals surface area contributed by atoms with E-state index in [-0.39, 0.29) is 6.61 Å². The summed E-state index contributed by atoms with van der Waals surface area (Å²) in [4.78, 5) is 0. The molecule has 1 aliphatic heterocycles. The lowest BCUT2D eigenvalue weighted by Gasteiger charge is -2.25. The van der Waals surface area contributed by atoms with E-state index in [4.69, 9.17) is 5.11 Å². The first-order chi connectivity index (χ1) is 6.24. The quantitative estimate of drug-likeness (QED) is 0.580. The van der Waals surface area contributed by atoms with Crippen LogP contribution in [0.2, 0.25) is 0 Å². The number of nitrogens with one attached hydrogen (secondary N) is 2. The average molecular weight is 186 g/mol. The van der Waals surface area contributed by atoms with Crippen molar-refractivity contribution in [1.82, 2.24) is 10.6 Å². The maximum atomic E-state index is 8.90. The van der Waals surface area contributed by atoms with E-state index in [1.165, 1.54) is 6.42 Å². The van der Waals surface area contributed by atoms with Gasteiger partial charge < -0.3 is 15.7 Å². The normalized spacial score (nSPS) is 25.4. The standard InChI is InChI=1S/C10H22N2O/c1-8(2)10(4-6-13)12-9-3-5-11-7-9/h8-13H,3-7H2,1-2H3. The molecular formula is C10H22N2O. The van der Waals surface area contributed by atoms with Gasteiger partial charge in [0, 0.05) is 25.2 Å². The number of aliphatic hydroxyl groups excluding tert-OH is 1. The van der Waals surface area contributed by atoms with Gasteiger partial charge in [-0.1, -0.05) is 13.8 Å². The molecule has 0 aromatic carbocycles. The van der Waals surface area contributed by atoms with E-state index in [0.717, 1.165) is 19.5 Å². The molecule has 0 radical (unpaired) electrons. The van der Waals surface area contributed by atoms with E-state index in [0.29, 0.717) is 18.0 Å². The molecule has 1 fully saturated rings. The maximum Gasteiger partial charge on any atom is 0.0445 e. The monoisotopic (exact) mass is 186 g/mol. The second kappa shape index (κ2) is 5.58. The van der Waals surface area contributed by atoms with Gasteiger partial charge in [-0.15, -0.1) is 0 Å². The third-order valence-electron chi connectivity index (χ3n) is 2.75. The highest BCUT2D eigenvalue weighted by Gasteiger charge is 2.20. The summed E-state index contributed by atoms with van der Waals surface area (Å²) in [6.07, 6.45) is 2.09. The fraction of sp³-hybridized carbons (Fsp3) is 1.00. The molecule has 0 aliphatic carbocycles. The molecular weight excluding hydrogens is 164 g/mol. The van der Waals surface area contributed by atoms with Gasteiger partial charge in [0.1, 0.15) is 0 Å². The molecule has 78 valence electrons. The smallest absolute Gasteiger partial charge is 0.0445 e. The van der Waals surface area contributed by atoms with Crippen LogP contribution in [0.5, 0.6) is 0 Å². The van der Waals surface area contributed by atoms with Crippen LogP contribution in [0.25, 0.3) is 0 Å². The zero-order valence-corrected chi connectivity index (χ0v) is 8.71. The third-order valence-corrected chi connectivity index (χ3v) is 2.75. The van der Waals surface area contributed by atoms with Crippen LogP contribution in [0.3, 0.4) is 0 Å². The van der Waals surface area contributed by atoms with Crippen LogP contribution in [-0.2, 0) is 0 Å². The summed E-state index contributed by atoms with van der Waals surface area (Å²) in [5.74, 6) is 0.604. The number of aliphatic hydroxyl groups is 1. The molecule has 3 N–H and O–H groups in total. The van der Waals surface area contributed by atoms with Crippen LogP contribution in [-0.4, -0.2) is 36.9 Å². The molecule has 3 nitrogen and oxygen atoms in total. The van der Waals surface area contributed by atoms with Crippen molar-refractivity contribution in [2.75, 3.05) is 19.7 Å². The van der Waals surface area contributed by atoms with E-state index in [1.807, 2.05) is 0 Å². The van der Waals surface area contributed by atoms with Crippen LogP contribution in [0.4, 0.5) is 0 Å². The topological polar surface area (TPSA) is 44.3 Å². The minimum Gasteiger partial charge on any atom is -0.396 e. The van der Waals surface area contributed by atoms with Gasteiger partial charge >= 0.3 is 0 Å². The second-order valence-corrected chi connectivity index (χ2v) is 4.22. The van der Waals surface area contributed by atoms with Gasteiger partial charge in [-0.3, -0.25) is 0 Å². The molecule has 1 aliphatic rings. The first-order valence-corrected chi connectivity index (χ1v) is 5.31. The van der Waals surface area contributed by atoms with Crippen molar-refractivity contribution in [3.8, 4) is 0 Å². The van der Waals surface area contributed by atoms with Crippen molar-refractivity contribution >= 4 is 0 Å². The minimum absolute atomic E-state index is 0.288. The fourth-order valence-corrected chi connectivity index (χ4v) is 1.85. The maximum absolute atomic E-state index is 8.90. The first kappa shape index (κ1) is 11.0. The van der Waals surface area contributed by atoms with Gasteiger partial charge in [-0.05, 0) is 25.3 Å². The molecule has 0 aromatic rings. The lowest BCUT2D eigenvalue weighted by atomic mass is 10.00. The Morgan fingerprint density at radius 2 is 2.31 bits per heavy atom. The summed E-state index contributed by atoms with van der Waals surface area (Å²) in [6, 6.07) is 1.08. The fourth-order valence-electron chi connectivity index (χ4n) is 1.85. The van der Waals surface area contributed by atoms with E-state index < -0.39 is 0 Å². The highest BCUT2D eigenvalue weighted by atomic mass is 16.3. The molecule has 3 heteroatoms. The van der Waals surface area contributed by atoms with Gasteiger partial charge in [0.05, 0.1) is 0 Å². The van der Waals surface area contributed by atoms with Gasteiger partial charge in [-0.2, -0.15) is 0 Å². The van der Waals surface area contributed by atoms with Crippen molar-refractivity contribution in [2.45, 2.75) is 38.8 Å². The minimum atomic E-state index is 0.288. The van der Waals surface area contributed by atoms with Crippen molar-refractivity contribution in [2.24, 2.45) is 5.92 Å². The molecule has 0 amide bonds. The zero-order valence-electron chi connectivity index (χ0n) is 8.71. The summed E-state index contributed by atoms with van der Waals surface area (Å²) >= 11 is 0. The molecule has 0 spiro atoms. The zero-order chi connectivity index (χ0) is 9.68. The summed E-state index contributed by atoms with van der Waals surface area (Å²) in [6.45, 7) is 6.90. The highest BCUT2D eigenvalue weighted by molar-refractivity contribution is 4.82. The summed E-state index contributed by atoms with van der Waals surface area (Å²) in [7, 11) is 0. The lowest BCUT2D eigenvalue weighted by Crippen LogP contribution is -2.42. The molecule has 13 heavy (non-hydrogen) atoms. The molecule has 2 atom stereocenters. The van der Waals surface area contributed by atoms with Gasteiger partial charge in [-0.25, -0.2) is 0 Å². The van der Waals surface area contributed by atoms with E-state index in [2.05, 4.69) is 24.5 Å². The van der Waals surface area contributed by atoms with Crippen molar-refractivity contribution in [1.29, 1.82) is 0 Å². The SMILES string of the molecule is CC(C)C(CCO)NC1CCNC1. The van der Waals surface area contributed by atoms with Crippen LogP contribution in [0, 0.1) is 5.92 Å². The lowest BCUT2D eigenvalue weighted by molar-refractivity contribution is 0.236. The Morgan fingerprint density at radius 3 is 2.77 bits per heavy atom. The van der Waals surface area contributed by atoms with Gasteiger partial charge in [0.2, 0.25) is 0 Å². The molecule has 1 rings (SSSR count). The van der Waals surface area contributed by atoms with Crippen LogP contribution in [0.1, 0.15) is 26.7 Å². The summed E-state index contributed by atoms with van der Waals surface area (Å²) in [5, 5.41) is 15.8. The molecule has 0 bridgehead atoms. The van der Waals surface area contributed by atoms with E-state index in [1.54, 1.807) is 0 Å². The Morgan fingerprint density at radius 1 is 1.54 bits per heavy atom. The largest absolute Gasteiger partial charge is 0.396 e. The Labute approximate surface area is 80.9 Å². The second-order valence-electron chi connectivity index (χ2n) is 4.22. The van der Waals surface area contributed by atoms with E-state index in [9.17, 15) is 0 Å².